The van der Waals surface area contributed by atoms with Crippen LogP contribution < -0.4 is 15.4 Å². The van der Waals surface area contributed by atoms with Crippen molar-refractivity contribution in [3.8, 4) is 5.75 Å². The molecule has 8 nitrogen and oxygen atoms in total. The summed E-state index contributed by atoms with van der Waals surface area (Å²) >= 11 is 0. The number of hydrogen-bond donors (Lipinski definition) is 3. The topological polar surface area (TPSA) is 114 Å². The molecule has 0 aliphatic carbocycles. The first-order valence-corrected chi connectivity index (χ1v) is 13.2. The number of carbonyl (C=O) groups is 3. The normalized spacial score (nSPS) is 12.9. The summed E-state index contributed by atoms with van der Waals surface area (Å²) in [6.07, 6.45) is 4.65. The van der Waals surface area contributed by atoms with Crippen molar-refractivity contribution in [2.75, 3.05) is 13.2 Å². The van der Waals surface area contributed by atoms with Crippen LogP contribution in [0.4, 0.5) is 0 Å². The number of hydrogen-bond acceptors (Lipinski definition) is 6. The molecule has 2 aromatic rings. The lowest BCUT2D eigenvalue weighted by atomic mass is 9.98. The highest BCUT2D eigenvalue weighted by Crippen LogP contribution is 2.16. The lowest BCUT2D eigenvalue weighted by Crippen LogP contribution is -2.44. The Morgan fingerprint density at radius 2 is 1.69 bits per heavy atom. The van der Waals surface area contributed by atoms with E-state index in [1.807, 2.05) is 54.6 Å². The molecule has 0 aliphatic heterocycles. The van der Waals surface area contributed by atoms with E-state index < -0.39 is 18.0 Å². The maximum atomic E-state index is 12.8. The van der Waals surface area contributed by atoms with Crippen molar-refractivity contribution in [3.05, 3.63) is 91.0 Å². The van der Waals surface area contributed by atoms with Gasteiger partial charge in [-0.25, -0.2) is 0 Å². The van der Waals surface area contributed by atoms with Crippen LogP contribution in [0.1, 0.15) is 43.7 Å². The second-order valence-corrected chi connectivity index (χ2v) is 9.41. The first-order valence-electron chi connectivity index (χ1n) is 13.2. The number of esters is 1. The predicted molar refractivity (Wildman–Crippen MR) is 151 cm³/mol. The fourth-order valence-electron chi connectivity index (χ4n) is 3.82. The van der Waals surface area contributed by atoms with Gasteiger partial charge >= 0.3 is 5.97 Å². The summed E-state index contributed by atoms with van der Waals surface area (Å²) in [6, 6.07) is 16.5. The van der Waals surface area contributed by atoms with Crippen LogP contribution in [0, 0.1) is 5.92 Å². The summed E-state index contributed by atoms with van der Waals surface area (Å²) in [5, 5.41) is 15.5. The van der Waals surface area contributed by atoms with Gasteiger partial charge in [0.15, 0.2) is 0 Å². The lowest BCUT2D eigenvalue weighted by Gasteiger charge is -2.21. The van der Waals surface area contributed by atoms with Gasteiger partial charge in [0.2, 0.25) is 11.8 Å². The molecule has 0 heterocycles. The van der Waals surface area contributed by atoms with Crippen LogP contribution in [-0.2, 0) is 32.1 Å². The van der Waals surface area contributed by atoms with Crippen molar-refractivity contribution < 1.29 is 29.0 Å². The van der Waals surface area contributed by atoms with Gasteiger partial charge in [0, 0.05) is 12.8 Å². The summed E-state index contributed by atoms with van der Waals surface area (Å²) < 4.78 is 11.0. The van der Waals surface area contributed by atoms with Crippen LogP contribution >= 0.6 is 0 Å². The van der Waals surface area contributed by atoms with Crippen LogP contribution in [0.15, 0.2) is 79.9 Å². The molecule has 0 saturated heterocycles. The number of aliphatic hydroxyl groups is 1. The molecular formula is C31H40N2O6. The van der Waals surface area contributed by atoms with Gasteiger partial charge in [0.05, 0.1) is 24.6 Å². The quantitative estimate of drug-likeness (QED) is 0.197. The van der Waals surface area contributed by atoms with E-state index in [2.05, 4.69) is 23.8 Å². The molecule has 0 saturated carbocycles. The fourth-order valence-corrected chi connectivity index (χ4v) is 3.82. The Hall–Kier alpha value is -3.91. The van der Waals surface area contributed by atoms with Crippen LogP contribution in [0.3, 0.4) is 0 Å². The van der Waals surface area contributed by atoms with E-state index in [0.717, 1.165) is 16.9 Å². The average Bonchev–Trinajstić information content (AvgIpc) is 2.94. The zero-order valence-corrected chi connectivity index (χ0v) is 22.6. The lowest BCUT2D eigenvalue weighted by molar-refractivity contribution is -0.145. The number of benzene rings is 2. The molecule has 0 aromatic heterocycles. The second-order valence-electron chi connectivity index (χ2n) is 9.41. The fraction of sp³-hybridized carbons (Fsp3) is 0.387. The predicted octanol–water partition coefficient (Wildman–Crippen LogP) is 3.88. The number of amides is 2. The maximum Gasteiger partial charge on any atom is 0.306 e. The summed E-state index contributed by atoms with van der Waals surface area (Å²) in [5.41, 5.74) is 2.00. The SMILES string of the molecule is C=CCCC(=O)OCC(C)NC(=O)C(CC=C)CC(=O)NC(CO)Cc1ccc(OCc2ccccc2)cc1. The molecule has 39 heavy (non-hydrogen) atoms. The zero-order valence-electron chi connectivity index (χ0n) is 22.6. The minimum absolute atomic E-state index is 0.0391. The van der Waals surface area contributed by atoms with Gasteiger partial charge in [0.25, 0.3) is 0 Å². The Balaban J connectivity index is 1.82. The first-order chi connectivity index (χ1) is 18.8. The third kappa shape index (κ3) is 12.5. The number of rotatable bonds is 18. The minimum Gasteiger partial charge on any atom is -0.489 e. The number of ether oxygens (including phenoxy) is 2. The molecule has 3 atom stereocenters. The van der Waals surface area contributed by atoms with E-state index in [1.54, 1.807) is 19.1 Å². The highest BCUT2D eigenvalue weighted by molar-refractivity contribution is 5.86. The smallest absolute Gasteiger partial charge is 0.306 e. The summed E-state index contributed by atoms with van der Waals surface area (Å²) in [5.74, 6) is -0.941. The molecule has 3 N–H and O–H groups in total. The number of allylic oxidation sites excluding steroid dienone is 2. The average molecular weight is 537 g/mol. The molecule has 2 amide bonds. The van der Waals surface area contributed by atoms with Crippen LogP contribution in [0.25, 0.3) is 0 Å². The van der Waals surface area contributed by atoms with Gasteiger partial charge in [-0.2, -0.15) is 0 Å². The third-order valence-electron chi connectivity index (χ3n) is 5.93. The Morgan fingerprint density at radius 1 is 0.974 bits per heavy atom. The van der Waals surface area contributed by atoms with Gasteiger partial charge in [-0.3, -0.25) is 14.4 Å². The van der Waals surface area contributed by atoms with Gasteiger partial charge in [-0.15, -0.1) is 13.2 Å². The summed E-state index contributed by atoms with van der Waals surface area (Å²) in [4.78, 5) is 37.2. The number of carbonyl (C=O) groups excluding carboxylic acids is 3. The number of aliphatic hydroxyl groups excluding tert-OH is 1. The second kappa shape index (κ2) is 17.6. The Bertz CT molecular complexity index is 1050. The maximum absolute atomic E-state index is 12.8. The molecule has 0 spiro atoms. The molecule has 0 fully saturated rings. The van der Waals surface area contributed by atoms with Gasteiger partial charge in [-0.05, 0) is 49.4 Å². The molecular weight excluding hydrogens is 496 g/mol. The van der Waals surface area contributed by atoms with E-state index >= 15 is 0 Å². The summed E-state index contributed by atoms with van der Waals surface area (Å²) in [6.45, 7) is 9.24. The van der Waals surface area contributed by atoms with Gasteiger partial charge in [-0.1, -0.05) is 54.6 Å². The Labute approximate surface area is 231 Å². The molecule has 2 rings (SSSR count). The van der Waals surface area contributed by atoms with Crippen molar-refractivity contribution in [1.82, 2.24) is 10.6 Å². The van der Waals surface area contributed by atoms with Crippen LogP contribution in [0.2, 0.25) is 0 Å². The van der Waals surface area contributed by atoms with E-state index in [1.165, 1.54) is 0 Å². The van der Waals surface area contributed by atoms with Crippen molar-refractivity contribution in [3.63, 3.8) is 0 Å². The molecule has 0 bridgehead atoms. The zero-order chi connectivity index (χ0) is 28.5. The standard InChI is InChI=1S/C31H40N2O6/c1-4-6-13-30(36)39-21-23(3)32-31(37)26(10-5-2)19-29(35)33-27(20-34)18-24-14-16-28(17-15-24)38-22-25-11-8-7-9-12-25/h4-5,7-9,11-12,14-17,23,26-27,34H,1-2,6,10,13,18-22H2,3H3,(H,32,37)(H,33,35). The number of nitrogens with one attached hydrogen (secondary N) is 2. The van der Waals surface area contributed by atoms with Crippen molar-refractivity contribution in [1.29, 1.82) is 0 Å². The third-order valence-corrected chi connectivity index (χ3v) is 5.93. The molecule has 2 aromatic carbocycles. The van der Waals surface area contributed by atoms with Crippen molar-refractivity contribution >= 4 is 17.8 Å². The van der Waals surface area contributed by atoms with Crippen LogP contribution in [0.5, 0.6) is 5.75 Å². The highest BCUT2D eigenvalue weighted by Gasteiger charge is 2.24. The minimum atomic E-state index is -0.637. The van der Waals surface area contributed by atoms with E-state index in [4.69, 9.17) is 9.47 Å². The van der Waals surface area contributed by atoms with E-state index in [-0.39, 0.29) is 43.8 Å². The molecule has 8 heteroatoms. The van der Waals surface area contributed by atoms with Gasteiger partial charge in [0.1, 0.15) is 19.0 Å². The monoisotopic (exact) mass is 536 g/mol. The van der Waals surface area contributed by atoms with Gasteiger partial charge < -0.3 is 25.2 Å². The van der Waals surface area contributed by atoms with Crippen molar-refractivity contribution in [2.45, 2.75) is 57.7 Å². The summed E-state index contributed by atoms with van der Waals surface area (Å²) in [7, 11) is 0. The van der Waals surface area contributed by atoms with E-state index in [0.29, 0.717) is 25.9 Å². The van der Waals surface area contributed by atoms with E-state index in [9.17, 15) is 19.5 Å². The molecule has 0 radical (unpaired) electrons. The first kappa shape index (κ1) is 31.3. The Morgan fingerprint density at radius 3 is 2.33 bits per heavy atom. The molecule has 0 aliphatic rings. The van der Waals surface area contributed by atoms with Crippen LogP contribution in [-0.4, -0.2) is 48.2 Å². The molecule has 210 valence electrons. The largest absolute Gasteiger partial charge is 0.489 e. The Kier molecular flexibility index (Phi) is 14.1. The highest BCUT2D eigenvalue weighted by atomic mass is 16.5. The van der Waals surface area contributed by atoms with Crippen molar-refractivity contribution in [2.24, 2.45) is 5.92 Å². The molecule has 3 unspecified atom stereocenters.